The Kier molecular flexibility index (Phi) is 5.48. The van der Waals surface area contributed by atoms with Gasteiger partial charge in [0.15, 0.2) is 5.78 Å². The number of hydrogen-bond donors (Lipinski definition) is 1. The van der Waals surface area contributed by atoms with Gasteiger partial charge in [-0.15, -0.1) is 10.2 Å². The summed E-state index contributed by atoms with van der Waals surface area (Å²) in [5.74, 6) is 0.403. The molecule has 1 aromatic heterocycles. The van der Waals surface area contributed by atoms with E-state index < -0.39 is 0 Å². The Labute approximate surface area is 155 Å². The standard InChI is InChI=1S/C19H17N3O3S/c1-12-6-8-14(9-7-12)17(24)11-26-19-22-21-18(25-19)15-4-3-5-16(10-15)20-13(2)23/h3-10H,11H2,1-2H3,(H,20,23). The Morgan fingerprint density at radius 2 is 1.88 bits per heavy atom. The lowest BCUT2D eigenvalue weighted by Gasteiger charge is -2.02. The summed E-state index contributed by atoms with van der Waals surface area (Å²) in [6.07, 6.45) is 0. The lowest BCUT2D eigenvalue weighted by molar-refractivity contribution is -0.114. The van der Waals surface area contributed by atoms with Gasteiger partial charge in [0.05, 0.1) is 5.75 Å². The first-order valence-electron chi connectivity index (χ1n) is 7.95. The van der Waals surface area contributed by atoms with Gasteiger partial charge in [-0.3, -0.25) is 9.59 Å². The molecule has 0 radical (unpaired) electrons. The van der Waals surface area contributed by atoms with Crippen molar-refractivity contribution in [2.24, 2.45) is 0 Å². The average Bonchev–Trinajstić information content (AvgIpc) is 3.09. The van der Waals surface area contributed by atoms with E-state index in [2.05, 4.69) is 15.5 Å². The predicted molar refractivity (Wildman–Crippen MR) is 100 cm³/mol. The van der Waals surface area contributed by atoms with Crippen LogP contribution in [0, 0.1) is 6.92 Å². The van der Waals surface area contributed by atoms with Crippen LogP contribution in [-0.2, 0) is 4.79 Å². The van der Waals surface area contributed by atoms with Gasteiger partial charge in [0.2, 0.25) is 11.8 Å². The second kappa shape index (κ2) is 7.97. The fraction of sp³-hybridized carbons (Fsp3) is 0.158. The molecule has 0 spiro atoms. The number of Topliss-reactive ketones (excluding diaryl/α,β-unsaturated/α-hetero) is 1. The molecule has 2 aromatic carbocycles. The van der Waals surface area contributed by atoms with Crippen LogP contribution in [0.4, 0.5) is 5.69 Å². The van der Waals surface area contributed by atoms with Gasteiger partial charge in [0.25, 0.3) is 5.22 Å². The van der Waals surface area contributed by atoms with Crippen molar-refractivity contribution in [1.29, 1.82) is 0 Å². The largest absolute Gasteiger partial charge is 0.411 e. The van der Waals surface area contributed by atoms with Crippen LogP contribution in [0.25, 0.3) is 11.5 Å². The van der Waals surface area contributed by atoms with Crippen molar-refractivity contribution >= 4 is 29.1 Å². The molecule has 132 valence electrons. The van der Waals surface area contributed by atoms with Crippen LogP contribution >= 0.6 is 11.8 Å². The zero-order valence-corrected chi connectivity index (χ0v) is 15.2. The fourth-order valence-electron chi connectivity index (χ4n) is 2.27. The van der Waals surface area contributed by atoms with E-state index in [-0.39, 0.29) is 17.4 Å². The quantitative estimate of drug-likeness (QED) is 0.524. The van der Waals surface area contributed by atoms with Gasteiger partial charge >= 0.3 is 0 Å². The third-order valence-corrected chi connectivity index (χ3v) is 4.36. The van der Waals surface area contributed by atoms with Crippen molar-refractivity contribution in [1.82, 2.24) is 10.2 Å². The Balaban J connectivity index is 1.65. The van der Waals surface area contributed by atoms with Crippen LogP contribution in [-0.4, -0.2) is 27.6 Å². The van der Waals surface area contributed by atoms with Crippen molar-refractivity contribution in [2.75, 3.05) is 11.1 Å². The fourth-order valence-corrected chi connectivity index (χ4v) is 2.93. The first-order valence-corrected chi connectivity index (χ1v) is 8.94. The summed E-state index contributed by atoms with van der Waals surface area (Å²) in [7, 11) is 0. The molecule has 0 saturated carbocycles. The van der Waals surface area contributed by atoms with E-state index in [9.17, 15) is 9.59 Å². The van der Waals surface area contributed by atoms with Gasteiger partial charge in [-0.05, 0) is 25.1 Å². The SMILES string of the molecule is CC(=O)Nc1cccc(-c2nnc(SCC(=O)c3ccc(C)cc3)o2)c1. The number of carbonyl (C=O) groups is 2. The zero-order valence-electron chi connectivity index (χ0n) is 14.4. The van der Waals surface area contributed by atoms with Crippen LogP contribution < -0.4 is 5.32 Å². The molecule has 0 aliphatic rings. The molecule has 1 amide bonds. The first kappa shape index (κ1) is 17.9. The number of aromatic nitrogens is 2. The third kappa shape index (κ3) is 4.58. The van der Waals surface area contributed by atoms with Crippen LogP contribution in [0.3, 0.4) is 0 Å². The van der Waals surface area contributed by atoms with Crippen molar-refractivity contribution in [3.8, 4) is 11.5 Å². The van der Waals surface area contributed by atoms with E-state index in [1.54, 1.807) is 18.2 Å². The molecule has 1 heterocycles. The highest BCUT2D eigenvalue weighted by Gasteiger charge is 2.13. The highest BCUT2D eigenvalue weighted by molar-refractivity contribution is 7.99. The van der Waals surface area contributed by atoms with E-state index in [1.807, 2.05) is 37.3 Å². The number of benzene rings is 2. The number of nitrogens with zero attached hydrogens (tertiary/aromatic N) is 2. The number of nitrogens with one attached hydrogen (secondary N) is 1. The molecule has 3 rings (SSSR count). The van der Waals surface area contributed by atoms with E-state index >= 15 is 0 Å². The second-order valence-electron chi connectivity index (χ2n) is 5.71. The van der Waals surface area contributed by atoms with Gasteiger partial charge in [-0.25, -0.2) is 0 Å². The lowest BCUT2D eigenvalue weighted by Crippen LogP contribution is -2.05. The van der Waals surface area contributed by atoms with Crippen molar-refractivity contribution < 1.29 is 14.0 Å². The van der Waals surface area contributed by atoms with Crippen LogP contribution in [0.5, 0.6) is 0 Å². The van der Waals surface area contributed by atoms with Crippen molar-refractivity contribution in [3.63, 3.8) is 0 Å². The molecular formula is C19H17N3O3S. The van der Waals surface area contributed by atoms with Gasteiger partial charge in [-0.2, -0.15) is 0 Å². The van der Waals surface area contributed by atoms with Crippen LogP contribution in [0.1, 0.15) is 22.8 Å². The van der Waals surface area contributed by atoms with Crippen LogP contribution in [0.15, 0.2) is 58.2 Å². The van der Waals surface area contributed by atoms with Crippen LogP contribution in [0.2, 0.25) is 0 Å². The number of carbonyl (C=O) groups excluding carboxylic acids is 2. The summed E-state index contributed by atoms with van der Waals surface area (Å²) in [6.45, 7) is 3.42. The molecule has 0 bridgehead atoms. The topological polar surface area (TPSA) is 85.1 Å². The summed E-state index contributed by atoms with van der Waals surface area (Å²) in [6, 6.07) is 14.6. The maximum Gasteiger partial charge on any atom is 0.277 e. The maximum absolute atomic E-state index is 12.2. The summed E-state index contributed by atoms with van der Waals surface area (Å²) in [5.41, 5.74) is 3.11. The molecule has 0 fully saturated rings. The van der Waals surface area contributed by atoms with Gasteiger partial charge in [-0.1, -0.05) is 47.7 Å². The highest BCUT2D eigenvalue weighted by atomic mass is 32.2. The van der Waals surface area contributed by atoms with Gasteiger partial charge in [0, 0.05) is 23.7 Å². The van der Waals surface area contributed by atoms with Crippen molar-refractivity contribution in [3.05, 3.63) is 59.7 Å². The molecule has 3 aromatic rings. The second-order valence-corrected chi connectivity index (χ2v) is 6.64. The minimum atomic E-state index is -0.154. The van der Waals surface area contributed by atoms with Gasteiger partial charge in [0.1, 0.15) is 0 Å². The molecule has 0 aliphatic carbocycles. The number of aryl methyl sites for hydroxylation is 1. The summed E-state index contributed by atoms with van der Waals surface area (Å²) < 4.78 is 5.61. The van der Waals surface area contributed by atoms with Gasteiger partial charge < -0.3 is 9.73 Å². The molecule has 7 heteroatoms. The normalized spacial score (nSPS) is 10.5. The predicted octanol–water partition coefficient (Wildman–Crippen LogP) is 3.98. The molecule has 0 aliphatic heterocycles. The number of thioether (sulfide) groups is 1. The number of anilines is 1. The smallest absolute Gasteiger partial charge is 0.277 e. The van der Waals surface area contributed by atoms with E-state index in [4.69, 9.17) is 4.42 Å². The Hall–Kier alpha value is -2.93. The molecule has 26 heavy (non-hydrogen) atoms. The monoisotopic (exact) mass is 367 g/mol. The molecule has 0 saturated heterocycles. The minimum absolute atomic E-state index is 0.00223. The molecule has 6 nitrogen and oxygen atoms in total. The lowest BCUT2D eigenvalue weighted by atomic mass is 10.1. The third-order valence-electron chi connectivity index (χ3n) is 3.54. The number of hydrogen-bond acceptors (Lipinski definition) is 6. The molecular weight excluding hydrogens is 350 g/mol. The van der Waals surface area contributed by atoms with E-state index in [0.29, 0.717) is 27.9 Å². The Morgan fingerprint density at radius 3 is 2.62 bits per heavy atom. The maximum atomic E-state index is 12.2. The number of amides is 1. The highest BCUT2D eigenvalue weighted by Crippen LogP contribution is 2.25. The molecule has 1 N–H and O–H groups in total. The Morgan fingerprint density at radius 1 is 1.12 bits per heavy atom. The summed E-state index contributed by atoms with van der Waals surface area (Å²) >= 11 is 1.20. The summed E-state index contributed by atoms with van der Waals surface area (Å²) in [5, 5.41) is 11.0. The van der Waals surface area contributed by atoms with E-state index in [1.165, 1.54) is 18.7 Å². The molecule has 0 unspecified atom stereocenters. The zero-order chi connectivity index (χ0) is 18.5. The number of rotatable bonds is 6. The average molecular weight is 367 g/mol. The minimum Gasteiger partial charge on any atom is -0.411 e. The number of ketones is 1. The Bertz CT molecular complexity index is 935. The molecule has 0 atom stereocenters. The van der Waals surface area contributed by atoms with E-state index in [0.717, 1.165) is 5.56 Å². The summed E-state index contributed by atoms with van der Waals surface area (Å²) in [4.78, 5) is 23.4. The van der Waals surface area contributed by atoms with Crippen molar-refractivity contribution in [2.45, 2.75) is 19.1 Å². The first-order chi connectivity index (χ1) is 12.5.